The van der Waals surface area contributed by atoms with Crippen molar-refractivity contribution in [3.63, 3.8) is 0 Å². The summed E-state index contributed by atoms with van der Waals surface area (Å²) in [5.41, 5.74) is 0.554. The fourth-order valence-electron chi connectivity index (χ4n) is 2.05. The van der Waals surface area contributed by atoms with Crippen LogP contribution in [0.2, 0.25) is 0 Å². The van der Waals surface area contributed by atoms with E-state index in [9.17, 15) is 19.1 Å². The molecule has 0 aromatic heterocycles. The number of aliphatic hydroxyl groups is 1. The van der Waals surface area contributed by atoms with Gasteiger partial charge in [-0.3, -0.25) is 9.59 Å². The summed E-state index contributed by atoms with van der Waals surface area (Å²) in [6, 6.07) is 5.50. The molecule has 1 fully saturated rings. The van der Waals surface area contributed by atoms with E-state index in [1.54, 1.807) is 0 Å². The van der Waals surface area contributed by atoms with Gasteiger partial charge in [-0.15, -0.1) is 0 Å². The van der Waals surface area contributed by atoms with Crippen LogP contribution < -0.4 is 10.6 Å². The van der Waals surface area contributed by atoms with Crippen LogP contribution in [0.4, 0.5) is 4.39 Å². The molecule has 0 saturated heterocycles. The fourth-order valence-corrected chi connectivity index (χ4v) is 2.05. The number of halogens is 1. The number of hydrogen-bond acceptors (Lipinski definition) is 3. The van der Waals surface area contributed by atoms with Crippen molar-refractivity contribution in [3.8, 4) is 0 Å². The number of carbonyl (C=O) groups excluding carboxylic acids is 2. The Kier molecular flexibility index (Phi) is 5.89. The Bertz CT molecular complexity index is 515. The zero-order chi connectivity index (χ0) is 15.9. The number of amides is 2. The summed E-state index contributed by atoms with van der Waals surface area (Å²) in [7, 11) is 0. The van der Waals surface area contributed by atoms with Crippen molar-refractivity contribution in [2.24, 2.45) is 5.92 Å². The van der Waals surface area contributed by atoms with Crippen LogP contribution in [0, 0.1) is 11.7 Å². The molecule has 2 amide bonds. The third-order valence-corrected chi connectivity index (χ3v) is 3.58. The summed E-state index contributed by atoms with van der Waals surface area (Å²) in [6.07, 6.45) is 1.93. The molecule has 1 aromatic carbocycles. The molecule has 0 aliphatic heterocycles. The Morgan fingerprint density at radius 1 is 1.23 bits per heavy atom. The van der Waals surface area contributed by atoms with E-state index in [1.165, 1.54) is 24.3 Å². The number of nitrogens with one attached hydrogen (secondary N) is 2. The first-order valence-corrected chi connectivity index (χ1v) is 7.54. The molecular weight excluding hydrogens is 287 g/mol. The van der Waals surface area contributed by atoms with Gasteiger partial charge in [0.15, 0.2) is 0 Å². The Balaban J connectivity index is 1.58. The first kappa shape index (κ1) is 16.4. The van der Waals surface area contributed by atoms with Gasteiger partial charge in [0.05, 0.1) is 6.10 Å². The first-order valence-electron chi connectivity index (χ1n) is 7.54. The van der Waals surface area contributed by atoms with Gasteiger partial charge in [0, 0.05) is 25.4 Å². The summed E-state index contributed by atoms with van der Waals surface area (Å²) in [5, 5.41) is 15.3. The molecule has 2 rings (SSSR count). The maximum Gasteiger partial charge on any atom is 0.223 e. The lowest BCUT2D eigenvalue weighted by molar-refractivity contribution is -0.123. The average molecular weight is 308 g/mol. The summed E-state index contributed by atoms with van der Waals surface area (Å²) in [5.74, 6) is -0.290. The second-order valence-electron chi connectivity index (χ2n) is 5.54. The normalized spacial score (nSPS) is 15.2. The van der Waals surface area contributed by atoms with Crippen molar-refractivity contribution in [2.45, 2.75) is 31.8 Å². The minimum absolute atomic E-state index is 0.0761. The average Bonchev–Trinajstić information content (AvgIpc) is 3.34. The molecule has 3 N–H and O–H groups in total. The maximum absolute atomic E-state index is 12.8. The minimum atomic E-state index is -0.862. The predicted octanol–water partition coefficient (Wildman–Crippen LogP) is 1.28. The molecule has 1 unspecified atom stereocenters. The van der Waals surface area contributed by atoms with Crippen molar-refractivity contribution >= 4 is 11.8 Å². The van der Waals surface area contributed by atoms with Gasteiger partial charge in [0.1, 0.15) is 5.82 Å². The van der Waals surface area contributed by atoms with Crippen LogP contribution in [0.15, 0.2) is 24.3 Å². The van der Waals surface area contributed by atoms with Crippen molar-refractivity contribution < 1.29 is 19.1 Å². The third kappa shape index (κ3) is 5.44. The van der Waals surface area contributed by atoms with Crippen molar-refractivity contribution in [3.05, 3.63) is 35.6 Å². The largest absolute Gasteiger partial charge is 0.387 e. The van der Waals surface area contributed by atoms with E-state index in [2.05, 4.69) is 10.6 Å². The lowest BCUT2D eigenvalue weighted by atomic mass is 10.1. The predicted molar refractivity (Wildman–Crippen MR) is 79.3 cm³/mol. The lowest BCUT2D eigenvalue weighted by Crippen LogP contribution is -2.30. The molecule has 0 bridgehead atoms. The molecule has 22 heavy (non-hydrogen) atoms. The van der Waals surface area contributed by atoms with E-state index in [0.717, 1.165) is 12.8 Å². The minimum Gasteiger partial charge on any atom is -0.387 e. The van der Waals surface area contributed by atoms with Crippen molar-refractivity contribution in [1.82, 2.24) is 10.6 Å². The molecule has 120 valence electrons. The molecular formula is C16H21FN2O3. The Labute approximate surface area is 128 Å². The monoisotopic (exact) mass is 308 g/mol. The second-order valence-corrected chi connectivity index (χ2v) is 5.54. The highest BCUT2D eigenvalue weighted by molar-refractivity contribution is 5.81. The maximum atomic E-state index is 12.8. The van der Waals surface area contributed by atoms with Crippen LogP contribution >= 0.6 is 0 Å². The Morgan fingerprint density at radius 2 is 1.91 bits per heavy atom. The third-order valence-electron chi connectivity index (χ3n) is 3.58. The molecule has 0 heterocycles. The van der Waals surface area contributed by atoms with Crippen LogP contribution in [-0.2, 0) is 9.59 Å². The van der Waals surface area contributed by atoms with Gasteiger partial charge < -0.3 is 15.7 Å². The SMILES string of the molecule is O=C(CCCNC(=O)C1CC1)NCC(O)c1ccc(F)cc1. The van der Waals surface area contributed by atoms with Crippen LogP contribution in [0.1, 0.15) is 37.4 Å². The number of carbonyl (C=O) groups is 2. The highest BCUT2D eigenvalue weighted by Gasteiger charge is 2.28. The lowest BCUT2D eigenvalue weighted by Gasteiger charge is -2.12. The Hall–Kier alpha value is -1.95. The fraction of sp³-hybridized carbons (Fsp3) is 0.500. The van der Waals surface area contributed by atoms with Crippen molar-refractivity contribution in [1.29, 1.82) is 0 Å². The zero-order valence-electron chi connectivity index (χ0n) is 12.3. The Morgan fingerprint density at radius 3 is 2.55 bits per heavy atom. The molecule has 5 nitrogen and oxygen atoms in total. The van der Waals surface area contributed by atoms with Gasteiger partial charge >= 0.3 is 0 Å². The molecule has 1 aromatic rings. The molecule has 0 spiro atoms. The highest BCUT2D eigenvalue weighted by Crippen LogP contribution is 2.28. The number of rotatable bonds is 8. The summed E-state index contributed by atoms with van der Waals surface area (Å²) in [4.78, 5) is 23.0. The smallest absolute Gasteiger partial charge is 0.223 e. The number of hydrogen-bond donors (Lipinski definition) is 3. The van der Waals surface area contributed by atoms with Gasteiger partial charge in [0.2, 0.25) is 11.8 Å². The standard InChI is InChI=1S/C16H21FN2O3/c17-13-7-5-11(6-8-13)14(20)10-19-15(21)2-1-9-18-16(22)12-3-4-12/h5-8,12,14,20H,1-4,9-10H2,(H,18,22)(H,19,21). The molecule has 1 aliphatic rings. The molecule has 6 heteroatoms. The number of benzene rings is 1. The van der Waals surface area contributed by atoms with E-state index in [-0.39, 0.29) is 30.1 Å². The zero-order valence-corrected chi connectivity index (χ0v) is 12.3. The summed E-state index contributed by atoms with van der Waals surface area (Å²) >= 11 is 0. The van der Waals surface area contributed by atoms with Gasteiger partial charge in [-0.25, -0.2) is 4.39 Å². The van der Waals surface area contributed by atoms with Crippen LogP contribution in [-0.4, -0.2) is 30.0 Å². The van der Waals surface area contributed by atoms with E-state index in [1.807, 2.05) is 0 Å². The van der Waals surface area contributed by atoms with E-state index >= 15 is 0 Å². The highest BCUT2D eigenvalue weighted by atomic mass is 19.1. The van der Waals surface area contributed by atoms with Crippen LogP contribution in [0.5, 0.6) is 0 Å². The number of aliphatic hydroxyl groups excluding tert-OH is 1. The van der Waals surface area contributed by atoms with Gasteiger partial charge in [-0.2, -0.15) is 0 Å². The van der Waals surface area contributed by atoms with Crippen LogP contribution in [0.3, 0.4) is 0 Å². The first-order chi connectivity index (χ1) is 10.6. The molecule has 1 saturated carbocycles. The van der Waals surface area contributed by atoms with E-state index in [4.69, 9.17) is 0 Å². The van der Waals surface area contributed by atoms with Gasteiger partial charge in [-0.1, -0.05) is 12.1 Å². The molecule has 1 atom stereocenters. The topological polar surface area (TPSA) is 78.4 Å². The molecule has 0 radical (unpaired) electrons. The van der Waals surface area contributed by atoms with Gasteiger partial charge in [0.25, 0.3) is 0 Å². The van der Waals surface area contributed by atoms with E-state index < -0.39 is 6.10 Å². The van der Waals surface area contributed by atoms with Gasteiger partial charge in [-0.05, 0) is 37.0 Å². The second kappa shape index (κ2) is 7.89. The van der Waals surface area contributed by atoms with Crippen molar-refractivity contribution in [2.75, 3.05) is 13.1 Å². The molecule has 1 aliphatic carbocycles. The quantitative estimate of drug-likeness (QED) is 0.633. The summed E-state index contributed by atoms with van der Waals surface area (Å²) < 4.78 is 12.8. The summed E-state index contributed by atoms with van der Waals surface area (Å²) in [6.45, 7) is 0.572. The van der Waals surface area contributed by atoms with Crippen LogP contribution in [0.25, 0.3) is 0 Å². The van der Waals surface area contributed by atoms with E-state index in [0.29, 0.717) is 24.9 Å².